The molecular weight excluding hydrogens is 720 g/mol. The normalized spacial score (nSPS) is 20.2. The van der Waals surface area contributed by atoms with E-state index in [1.807, 2.05) is 20.8 Å². The van der Waals surface area contributed by atoms with Gasteiger partial charge < -0.3 is 33.7 Å². The number of rotatable bonds is 15. The summed E-state index contributed by atoms with van der Waals surface area (Å²) < 4.78 is 34.9. The maximum Gasteiger partial charge on any atom is 0.411 e. The summed E-state index contributed by atoms with van der Waals surface area (Å²) in [6, 6.07) is 0.00602. The van der Waals surface area contributed by atoms with Gasteiger partial charge in [0.25, 0.3) is 0 Å². The van der Waals surface area contributed by atoms with Crippen molar-refractivity contribution in [3.8, 4) is 11.6 Å². The first-order valence-corrected chi connectivity index (χ1v) is 19.6. The SMILES string of the molecule is C=C(CCC[C@@H]1C[C@H]1OC(=O)N[C@H](C(=O)OC(C)(C)C)C(C)(C)C)c1c(O[C@@H]2C[C@@H](C(=O)OC)N(C(=O)OC(C)(C)C)C2)nc2ccncc2c1OCCCC. The van der Waals surface area contributed by atoms with Gasteiger partial charge in [0.05, 0.1) is 36.7 Å². The molecule has 1 aliphatic carbocycles. The van der Waals surface area contributed by atoms with Crippen molar-refractivity contribution in [2.45, 2.75) is 150 Å². The number of amides is 2. The molecule has 2 amide bonds. The number of alkyl carbamates (subject to hydrolysis) is 1. The van der Waals surface area contributed by atoms with Crippen molar-refractivity contribution in [2.24, 2.45) is 11.3 Å². The van der Waals surface area contributed by atoms with Crippen molar-refractivity contribution in [1.82, 2.24) is 20.2 Å². The van der Waals surface area contributed by atoms with E-state index in [0.717, 1.165) is 31.3 Å². The van der Waals surface area contributed by atoms with Crippen LogP contribution in [0.5, 0.6) is 11.6 Å². The summed E-state index contributed by atoms with van der Waals surface area (Å²) in [4.78, 5) is 62.4. The van der Waals surface area contributed by atoms with Gasteiger partial charge in [0.1, 0.15) is 41.2 Å². The molecule has 1 N–H and O–H groups in total. The van der Waals surface area contributed by atoms with E-state index in [1.165, 1.54) is 12.0 Å². The fraction of sp³-hybridized carbons (Fsp3) is 0.667. The van der Waals surface area contributed by atoms with E-state index in [1.54, 1.807) is 60.0 Å². The van der Waals surface area contributed by atoms with Crippen molar-refractivity contribution < 1.29 is 47.6 Å². The molecule has 4 rings (SSSR count). The van der Waals surface area contributed by atoms with Crippen LogP contribution in [-0.2, 0) is 28.5 Å². The lowest BCUT2D eigenvalue weighted by Crippen LogP contribution is -2.51. The summed E-state index contributed by atoms with van der Waals surface area (Å²) in [5.41, 5.74) is -0.0989. The maximum atomic E-state index is 13.2. The minimum absolute atomic E-state index is 0.0770. The van der Waals surface area contributed by atoms with Crippen LogP contribution in [0.15, 0.2) is 25.0 Å². The van der Waals surface area contributed by atoms with Crippen LogP contribution in [0.4, 0.5) is 9.59 Å². The molecule has 2 aromatic rings. The Balaban J connectivity index is 1.49. The number of allylic oxidation sites excluding steroid dienone is 1. The van der Waals surface area contributed by atoms with Gasteiger partial charge in [-0.25, -0.2) is 24.2 Å². The summed E-state index contributed by atoms with van der Waals surface area (Å²) in [5, 5.41) is 3.44. The third kappa shape index (κ3) is 12.2. The maximum absolute atomic E-state index is 13.2. The molecule has 56 heavy (non-hydrogen) atoms. The topological polar surface area (TPSA) is 165 Å². The molecule has 310 valence electrons. The largest absolute Gasteiger partial charge is 0.492 e. The van der Waals surface area contributed by atoms with E-state index in [2.05, 4.69) is 23.8 Å². The molecule has 3 heterocycles. The number of hydrogen-bond donors (Lipinski definition) is 1. The van der Waals surface area contributed by atoms with Crippen LogP contribution in [0.2, 0.25) is 0 Å². The Bertz CT molecular complexity index is 1740. The van der Waals surface area contributed by atoms with Crippen LogP contribution in [0.3, 0.4) is 0 Å². The fourth-order valence-electron chi connectivity index (χ4n) is 6.49. The second kappa shape index (κ2) is 18.1. The number of likely N-dealkylation sites (tertiary alicyclic amines) is 1. The van der Waals surface area contributed by atoms with Gasteiger partial charge in [0, 0.05) is 18.8 Å². The number of carbonyl (C=O) groups excluding carboxylic acids is 4. The second-order valence-corrected chi connectivity index (χ2v) is 17.8. The molecule has 0 radical (unpaired) electrons. The van der Waals surface area contributed by atoms with E-state index in [0.29, 0.717) is 41.7 Å². The van der Waals surface area contributed by atoms with Crippen LogP contribution in [0.25, 0.3) is 16.5 Å². The predicted molar refractivity (Wildman–Crippen MR) is 211 cm³/mol. The molecule has 14 nitrogen and oxygen atoms in total. The van der Waals surface area contributed by atoms with Crippen LogP contribution in [0.1, 0.15) is 120 Å². The van der Waals surface area contributed by atoms with Gasteiger partial charge in [-0.3, -0.25) is 9.88 Å². The van der Waals surface area contributed by atoms with Crippen LogP contribution in [0, 0.1) is 11.3 Å². The summed E-state index contributed by atoms with van der Waals surface area (Å²) in [6.07, 6.45) is 5.89. The lowest BCUT2D eigenvalue weighted by atomic mass is 9.86. The number of unbranched alkanes of at least 4 members (excludes halogenated alkanes) is 1. The number of nitrogens with zero attached hydrogens (tertiary/aromatic N) is 3. The Hall–Kier alpha value is -4.62. The number of fused-ring (bicyclic) bond motifs is 1. The van der Waals surface area contributed by atoms with Gasteiger partial charge in [-0.2, -0.15) is 0 Å². The van der Waals surface area contributed by atoms with Crippen molar-refractivity contribution in [1.29, 1.82) is 0 Å². The Morgan fingerprint density at radius 2 is 1.70 bits per heavy atom. The molecule has 14 heteroatoms. The minimum Gasteiger partial charge on any atom is -0.492 e. The van der Waals surface area contributed by atoms with Gasteiger partial charge in [-0.15, -0.1) is 0 Å². The van der Waals surface area contributed by atoms with Gasteiger partial charge in [-0.1, -0.05) is 40.7 Å². The Labute approximate surface area is 331 Å². The number of esters is 2. The molecule has 0 unspecified atom stereocenters. The van der Waals surface area contributed by atoms with Crippen molar-refractivity contribution in [3.63, 3.8) is 0 Å². The summed E-state index contributed by atoms with van der Waals surface area (Å²) in [5.74, 6) is -0.0756. The quantitative estimate of drug-likeness (QED) is 0.106. The van der Waals surface area contributed by atoms with E-state index >= 15 is 0 Å². The third-order valence-electron chi connectivity index (χ3n) is 9.39. The Morgan fingerprint density at radius 1 is 1.00 bits per heavy atom. The standard InChI is InChI=1S/C42H62N4O10/c1-13-14-20-52-33-28-23-43-19-18-29(28)44-35(53-27-22-30(36(47)51-12)46(24-27)39(50)56-42(9,10)11)32(33)25(2)16-15-17-26-21-31(26)54-38(49)45-34(40(3,4)5)37(48)55-41(6,7)8/h18-19,23,26-27,30-31,34H,2,13-17,20-22,24H2,1,3-12H3,(H,45,49)/t26-,27-,30+,31-,34-/m1/s1. The highest BCUT2D eigenvalue weighted by molar-refractivity contribution is 5.92. The monoisotopic (exact) mass is 782 g/mol. The smallest absolute Gasteiger partial charge is 0.411 e. The number of nitrogens with one attached hydrogen (secondary N) is 1. The first kappa shape index (κ1) is 44.1. The van der Waals surface area contributed by atoms with Gasteiger partial charge in [0.2, 0.25) is 5.88 Å². The number of carbonyl (C=O) groups is 4. The van der Waals surface area contributed by atoms with E-state index in [9.17, 15) is 19.2 Å². The molecule has 0 spiro atoms. The van der Waals surface area contributed by atoms with E-state index in [-0.39, 0.29) is 30.9 Å². The number of ether oxygens (including phenoxy) is 6. The predicted octanol–water partition coefficient (Wildman–Crippen LogP) is 7.79. The molecule has 2 aromatic heterocycles. The highest BCUT2D eigenvalue weighted by Gasteiger charge is 2.45. The average Bonchev–Trinajstić information content (AvgIpc) is 3.67. The van der Waals surface area contributed by atoms with Gasteiger partial charge in [-0.05, 0) is 96.6 Å². The molecule has 1 saturated heterocycles. The number of aromatic nitrogens is 2. The van der Waals surface area contributed by atoms with Crippen molar-refractivity contribution in [3.05, 3.63) is 30.6 Å². The summed E-state index contributed by atoms with van der Waals surface area (Å²) >= 11 is 0. The first-order valence-electron chi connectivity index (χ1n) is 19.6. The Kier molecular flexibility index (Phi) is 14.3. The van der Waals surface area contributed by atoms with Crippen LogP contribution >= 0.6 is 0 Å². The zero-order valence-electron chi connectivity index (χ0n) is 35.1. The molecule has 0 aromatic carbocycles. The third-order valence-corrected chi connectivity index (χ3v) is 9.39. The molecule has 2 fully saturated rings. The molecule has 1 aliphatic heterocycles. The number of pyridine rings is 2. The van der Waals surface area contributed by atoms with E-state index < -0.39 is 58.9 Å². The second-order valence-electron chi connectivity index (χ2n) is 17.8. The minimum atomic E-state index is -0.899. The van der Waals surface area contributed by atoms with Gasteiger partial charge in [0.15, 0.2) is 0 Å². The summed E-state index contributed by atoms with van der Waals surface area (Å²) in [7, 11) is 1.28. The molecule has 0 bridgehead atoms. The first-order chi connectivity index (χ1) is 26.1. The van der Waals surface area contributed by atoms with Crippen molar-refractivity contribution >= 4 is 40.6 Å². The molecule has 1 saturated carbocycles. The van der Waals surface area contributed by atoms with Crippen LogP contribution < -0.4 is 14.8 Å². The zero-order chi connectivity index (χ0) is 41.6. The fourth-order valence-corrected chi connectivity index (χ4v) is 6.49. The number of hydrogen-bond acceptors (Lipinski definition) is 12. The Morgan fingerprint density at radius 3 is 2.32 bits per heavy atom. The highest BCUT2D eigenvalue weighted by atomic mass is 16.6. The molecule has 2 aliphatic rings. The van der Waals surface area contributed by atoms with Crippen LogP contribution in [-0.4, -0.2) is 94.7 Å². The van der Waals surface area contributed by atoms with Gasteiger partial charge >= 0.3 is 24.1 Å². The lowest BCUT2D eigenvalue weighted by molar-refractivity contribution is -0.160. The molecular formula is C42H62N4O10. The summed E-state index contributed by atoms with van der Waals surface area (Å²) in [6.45, 7) is 23.3. The molecule has 5 atom stereocenters. The number of methoxy groups -OCH3 is 1. The van der Waals surface area contributed by atoms with E-state index in [4.69, 9.17) is 33.4 Å². The highest BCUT2D eigenvalue weighted by Crippen LogP contribution is 2.43. The van der Waals surface area contributed by atoms with Crippen molar-refractivity contribution in [2.75, 3.05) is 20.3 Å². The average molecular weight is 783 g/mol. The zero-order valence-corrected chi connectivity index (χ0v) is 35.1. The lowest BCUT2D eigenvalue weighted by Gasteiger charge is -2.32.